The van der Waals surface area contributed by atoms with Gasteiger partial charge in [-0.3, -0.25) is 9.59 Å². The minimum Gasteiger partial charge on any atom is -0.352 e. The van der Waals surface area contributed by atoms with Gasteiger partial charge in [0.2, 0.25) is 11.8 Å². The van der Waals surface area contributed by atoms with Crippen LogP contribution in [0.25, 0.3) is 0 Å². The van der Waals surface area contributed by atoms with Crippen LogP contribution in [0.3, 0.4) is 0 Å². The molecule has 150 valence electrons. The second kappa shape index (κ2) is 10.9. The van der Waals surface area contributed by atoms with Gasteiger partial charge in [-0.25, -0.2) is 0 Å². The summed E-state index contributed by atoms with van der Waals surface area (Å²) in [7, 11) is 0. The van der Waals surface area contributed by atoms with Crippen molar-refractivity contribution in [1.29, 1.82) is 0 Å². The fourth-order valence-electron chi connectivity index (χ4n) is 2.84. The van der Waals surface area contributed by atoms with E-state index in [0.717, 1.165) is 16.9 Å². The molecule has 2 aromatic rings. The number of hydrogen-bond acceptors (Lipinski definition) is 3. The van der Waals surface area contributed by atoms with E-state index in [1.165, 1.54) is 17.3 Å². The van der Waals surface area contributed by atoms with Crippen molar-refractivity contribution < 1.29 is 9.59 Å². The van der Waals surface area contributed by atoms with Crippen LogP contribution in [-0.4, -0.2) is 41.1 Å². The van der Waals surface area contributed by atoms with Crippen molar-refractivity contribution in [3.63, 3.8) is 0 Å². The molecule has 0 aliphatic carbocycles. The highest BCUT2D eigenvalue weighted by Gasteiger charge is 2.26. The maximum absolute atomic E-state index is 13.0. The topological polar surface area (TPSA) is 49.4 Å². The molecule has 28 heavy (non-hydrogen) atoms. The van der Waals surface area contributed by atoms with Gasteiger partial charge in [-0.05, 0) is 51.8 Å². The third-order valence-electron chi connectivity index (χ3n) is 4.47. The molecule has 0 aromatic heterocycles. The molecule has 2 aromatic carbocycles. The predicted octanol–water partition coefficient (Wildman–Crippen LogP) is 4.07. The van der Waals surface area contributed by atoms with Crippen molar-refractivity contribution in [3.05, 3.63) is 65.7 Å². The van der Waals surface area contributed by atoms with Crippen molar-refractivity contribution in [3.8, 4) is 0 Å². The lowest BCUT2D eigenvalue weighted by atomic mass is 10.1. The molecule has 0 fully saturated rings. The van der Waals surface area contributed by atoms with E-state index in [1.807, 2.05) is 75.4 Å². The standard InChI is InChI=1S/C23H30N2O2S/c1-17(2)24-23(27)19(4)25(15-14-20-8-6-5-7-9-20)22(26)16-28-21-12-10-18(3)11-13-21/h5-13,17,19H,14-16H2,1-4H3,(H,24,27)/t19-/m1/s1. The SMILES string of the molecule is Cc1ccc(SCC(=O)N(CCc2ccccc2)[C@H](C)C(=O)NC(C)C)cc1. The molecule has 0 radical (unpaired) electrons. The number of nitrogens with zero attached hydrogens (tertiary/aromatic N) is 1. The number of benzene rings is 2. The second-order valence-electron chi connectivity index (χ2n) is 7.26. The number of nitrogens with one attached hydrogen (secondary N) is 1. The quantitative estimate of drug-likeness (QED) is 0.648. The summed E-state index contributed by atoms with van der Waals surface area (Å²) in [5.74, 6) is 0.182. The molecular weight excluding hydrogens is 368 g/mol. The normalized spacial score (nSPS) is 11.9. The number of amides is 2. The van der Waals surface area contributed by atoms with Crippen molar-refractivity contribution in [1.82, 2.24) is 10.2 Å². The molecule has 0 heterocycles. The molecule has 0 saturated carbocycles. The third-order valence-corrected chi connectivity index (χ3v) is 5.46. The zero-order valence-corrected chi connectivity index (χ0v) is 18.0. The van der Waals surface area contributed by atoms with Crippen LogP contribution >= 0.6 is 11.8 Å². The van der Waals surface area contributed by atoms with Crippen LogP contribution in [0.5, 0.6) is 0 Å². The zero-order chi connectivity index (χ0) is 20.5. The Labute approximate surface area is 172 Å². The van der Waals surface area contributed by atoms with Gasteiger partial charge >= 0.3 is 0 Å². The molecule has 0 saturated heterocycles. The Balaban J connectivity index is 2.05. The number of rotatable bonds is 9. The summed E-state index contributed by atoms with van der Waals surface area (Å²) in [5.41, 5.74) is 2.35. The van der Waals surface area contributed by atoms with Gasteiger partial charge in [-0.1, -0.05) is 48.0 Å². The highest BCUT2D eigenvalue weighted by molar-refractivity contribution is 8.00. The molecule has 0 bridgehead atoms. The van der Waals surface area contributed by atoms with Gasteiger partial charge in [0.05, 0.1) is 5.75 Å². The number of thioether (sulfide) groups is 1. The average Bonchev–Trinajstić information content (AvgIpc) is 2.67. The van der Waals surface area contributed by atoms with Crippen LogP contribution in [0.15, 0.2) is 59.5 Å². The summed E-state index contributed by atoms with van der Waals surface area (Å²) in [6.07, 6.45) is 0.723. The lowest BCUT2D eigenvalue weighted by molar-refractivity contribution is -0.138. The van der Waals surface area contributed by atoms with Crippen molar-refractivity contribution >= 4 is 23.6 Å². The van der Waals surface area contributed by atoms with Crippen molar-refractivity contribution in [2.75, 3.05) is 12.3 Å². The van der Waals surface area contributed by atoms with Gasteiger partial charge < -0.3 is 10.2 Å². The van der Waals surface area contributed by atoms with E-state index in [2.05, 4.69) is 5.32 Å². The first kappa shape index (κ1) is 22.0. The maximum Gasteiger partial charge on any atom is 0.242 e. The average molecular weight is 399 g/mol. The van der Waals surface area contributed by atoms with E-state index in [0.29, 0.717) is 12.3 Å². The Morgan fingerprint density at radius 1 is 1.00 bits per heavy atom. The van der Waals surface area contributed by atoms with Crippen LogP contribution in [0.1, 0.15) is 31.9 Å². The summed E-state index contributed by atoms with van der Waals surface area (Å²) in [6, 6.07) is 17.7. The molecule has 2 rings (SSSR count). The zero-order valence-electron chi connectivity index (χ0n) is 17.1. The monoisotopic (exact) mass is 398 g/mol. The summed E-state index contributed by atoms with van der Waals surface area (Å²) in [4.78, 5) is 28.2. The molecule has 1 N–H and O–H groups in total. The lowest BCUT2D eigenvalue weighted by Crippen LogP contribution is -2.50. The lowest BCUT2D eigenvalue weighted by Gasteiger charge is -2.29. The smallest absolute Gasteiger partial charge is 0.242 e. The van der Waals surface area contributed by atoms with Gasteiger partial charge in [0.15, 0.2) is 0 Å². The highest BCUT2D eigenvalue weighted by atomic mass is 32.2. The maximum atomic E-state index is 13.0. The number of carbonyl (C=O) groups is 2. The van der Waals surface area contributed by atoms with Crippen LogP contribution in [0.4, 0.5) is 0 Å². The molecule has 0 unspecified atom stereocenters. The fourth-order valence-corrected chi connectivity index (χ4v) is 3.62. The van der Waals surface area contributed by atoms with Crippen LogP contribution in [0, 0.1) is 6.92 Å². The first-order valence-electron chi connectivity index (χ1n) is 9.70. The summed E-state index contributed by atoms with van der Waals surface area (Å²) >= 11 is 1.51. The summed E-state index contributed by atoms with van der Waals surface area (Å²) in [6.45, 7) is 8.21. The fraction of sp³-hybridized carbons (Fsp3) is 0.391. The van der Waals surface area contributed by atoms with E-state index in [9.17, 15) is 9.59 Å². The Morgan fingerprint density at radius 3 is 2.25 bits per heavy atom. The number of carbonyl (C=O) groups excluding carboxylic acids is 2. The summed E-state index contributed by atoms with van der Waals surface area (Å²) < 4.78 is 0. The first-order chi connectivity index (χ1) is 13.4. The van der Waals surface area contributed by atoms with Gasteiger partial charge in [0.1, 0.15) is 6.04 Å². The Kier molecular flexibility index (Phi) is 8.58. The van der Waals surface area contributed by atoms with Crippen molar-refractivity contribution in [2.24, 2.45) is 0 Å². The highest BCUT2D eigenvalue weighted by Crippen LogP contribution is 2.19. The van der Waals surface area contributed by atoms with Crippen LogP contribution in [0.2, 0.25) is 0 Å². The van der Waals surface area contributed by atoms with E-state index >= 15 is 0 Å². The Hall–Kier alpha value is -2.27. The first-order valence-corrected chi connectivity index (χ1v) is 10.7. The Bertz CT molecular complexity index is 760. The van der Waals surface area contributed by atoms with Gasteiger partial charge in [0, 0.05) is 17.5 Å². The molecule has 2 amide bonds. The molecule has 4 nitrogen and oxygen atoms in total. The molecule has 0 aliphatic heterocycles. The van der Waals surface area contributed by atoms with E-state index in [4.69, 9.17) is 0 Å². The molecule has 5 heteroatoms. The van der Waals surface area contributed by atoms with Gasteiger partial charge in [-0.15, -0.1) is 11.8 Å². The molecule has 0 spiro atoms. The molecule has 1 atom stereocenters. The van der Waals surface area contributed by atoms with E-state index in [-0.39, 0.29) is 17.9 Å². The number of hydrogen-bond donors (Lipinski definition) is 1. The second-order valence-corrected chi connectivity index (χ2v) is 8.31. The van der Waals surface area contributed by atoms with Gasteiger partial charge in [0.25, 0.3) is 0 Å². The van der Waals surface area contributed by atoms with Crippen LogP contribution < -0.4 is 5.32 Å². The molecular formula is C23H30N2O2S. The predicted molar refractivity (Wildman–Crippen MR) is 117 cm³/mol. The minimum absolute atomic E-state index is 0.0205. The molecule has 0 aliphatic rings. The van der Waals surface area contributed by atoms with E-state index < -0.39 is 6.04 Å². The van der Waals surface area contributed by atoms with Gasteiger partial charge in [-0.2, -0.15) is 0 Å². The van der Waals surface area contributed by atoms with Crippen molar-refractivity contribution in [2.45, 2.75) is 51.1 Å². The Morgan fingerprint density at radius 2 is 1.64 bits per heavy atom. The largest absolute Gasteiger partial charge is 0.352 e. The number of aryl methyl sites for hydroxylation is 1. The summed E-state index contributed by atoms with van der Waals surface area (Å²) in [5, 5.41) is 2.92. The third kappa shape index (κ3) is 7.04. The van der Waals surface area contributed by atoms with E-state index in [1.54, 1.807) is 11.8 Å². The van der Waals surface area contributed by atoms with Crippen LogP contribution in [-0.2, 0) is 16.0 Å². The minimum atomic E-state index is -0.503.